The summed E-state index contributed by atoms with van der Waals surface area (Å²) in [7, 11) is 0. The van der Waals surface area contributed by atoms with E-state index in [-0.39, 0.29) is 11.0 Å². The highest BCUT2D eigenvalue weighted by Gasteiger charge is 2.21. The van der Waals surface area contributed by atoms with Crippen LogP contribution in [-0.2, 0) is 0 Å². The molecule has 0 bridgehead atoms. The molecule has 3 aromatic rings. The lowest BCUT2D eigenvalue weighted by Gasteiger charge is -2.10. The molecule has 0 radical (unpaired) electrons. The smallest absolute Gasteiger partial charge is 0.277 e. The average Bonchev–Trinajstić information content (AvgIpc) is 3.05. The maximum atomic E-state index is 12.7. The van der Waals surface area contributed by atoms with E-state index in [1.807, 2.05) is 51.1 Å². The number of rotatable bonds is 5. The highest BCUT2D eigenvalue weighted by atomic mass is 35.5. The van der Waals surface area contributed by atoms with Gasteiger partial charge in [-0.05, 0) is 50.6 Å². The SMILES string of the molecule is Cc1ccc(C)c(C(=O)C(C)Sc2nnc(-c3cccc(Cl)c3)o2)c1. The molecule has 2 aromatic carbocycles. The standard InChI is InChI=1S/C19H17ClN2O2S/c1-11-7-8-12(2)16(9-11)17(23)13(3)25-19-22-21-18(24-19)14-5-4-6-15(20)10-14/h4-10,13H,1-3H3. The Balaban J connectivity index is 1.76. The fraction of sp³-hybridized carbons (Fsp3) is 0.211. The molecular weight excluding hydrogens is 356 g/mol. The van der Waals surface area contributed by atoms with Crippen molar-refractivity contribution in [1.82, 2.24) is 10.2 Å². The first-order valence-electron chi connectivity index (χ1n) is 7.81. The maximum absolute atomic E-state index is 12.7. The molecule has 0 aliphatic carbocycles. The van der Waals surface area contributed by atoms with E-state index in [2.05, 4.69) is 10.2 Å². The van der Waals surface area contributed by atoms with E-state index in [1.165, 1.54) is 11.8 Å². The fourth-order valence-electron chi connectivity index (χ4n) is 2.42. The number of carbonyl (C=O) groups excluding carboxylic acids is 1. The van der Waals surface area contributed by atoms with Crippen molar-refractivity contribution in [2.45, 2.75) is 31.2 Å². The van der Waals surface area contributed by atoms with Gasteiger partial charge in [0.15, 0.2) is 5.78 Å². The van der Waals surface area contributed by atoms with Gasteiger partial charge in [-0.1, -0.05) is 47.1 Å². The summed E-state index contributed by atoms with van der Waals surface area (Å²) in [6.07, 6.45) is 0. The molecule has 1 aromatic heterocycles. The number of aryl methyl sites for hydroxylation is 2. The first kappa shape index (κ1) is 17.7. The van der Waals surface area contributed by atoms with Gasteiger partial charge in [-0.25, -0.2) is 0 Å². The molecule has 0 saturated carbocycles. The zero-order chi connectivity index (χ0) is 18.0. The molecule has 1 unspecified atom stereocenters. The first-order valence-corrected chi connectivity index (χ1v) is 9.07. The van der Waals surface area contributed by atoms with Crippen LogP contribution in [0, 0.1) is 13.8 Å². The van der Waals surface area contributed by atoms with Crippen LogP contribution in [-0.4, -0.2) is 21.2 Å². The summed E-state index contributed by atoms with van der Waals surface area (Å²) in [5.41, 5.74) is 3.51. The Morgan fingerprint density at radius 2 is 1.96 bits per heavy atom. The lowest BCUT2D eigenvalue weighted by atomic mass is 10.0. The van der Waals surface area contributed by atoms with E-state index in [0.717, 1.165) is 22.3 Å². The normalized spacial score (nSPS) is 12.2. The molecule has 3 rings (SSSR count). The molecular formula is C19H17ClN2O2S. The number of ketones is 1. The van der Waals surface area contributed by atoms with Crippen LogP contribution < -0.4 is 0 Å². The van der Waals surface area contributed by atoms with Crippen LogP contribution in [0.3, 0.4) is 0 Å². The third-order valence-corrected chi connectivity index (χ3v) is 4.95. The van der Waals surface area contributed by atoms with Gasteiger partial charge in [-0.3, -0.25) is 4.79 Å². The molecule has 1 heterocycles. The van der Waals surface area contributed by atoms with Gasteiger partial charge in [0, 0.05) is 16.1 Å². The van der Waals surface area contributed by atoms with Crippen molar-refractivity contribution in [3.05, 3.63) is 64.2 Å². The summed E-state index contributed by atoms with van der Waals surface area (Å²) in [6, 6.07) is 13.1. The molecule has 0 amide bonds. The second-order valence-electron chi connectivity index (χ2n) is 5.83. The van der Waals surface area contributed by atoms with Crippen LogP contribution in [0.2, 0.25) is 5.02 Å². The quantitative estimate of drug-likeness (QED) is 0.445. The molecule has 4 nitrogen and oxygen atoms in total. The number of hydrogen-bond donors (Lipinski definition) is 0. The second-order valence-corrected chi connectivity index (χ2v) is 7.55. The average molecular weight is 373 g/mol. The Bertz CT molecular complexity index is 923. The van der Waals surface area contributed by atoms with Crippen molar-refractivity contribution in [2.75, 3.05) is 0 Å². The molecule has 6 heteroatoms. The second kappa shape index (κ2) is 7.42. The Labute approximate surface area is 155 Å². The van der Waals surface area contributed by atoms with Crippen LogP contribution in [0.5, 0.6) is 0 Å². The first-order chi connectivity index (χ1) is 11.9. The molecule has 0 spiro atoms. The Hall–Kier alpha value is -2.11. The monoisotopic (exact) mass is 372 g/mol. The van der Waals surface area contributed by atoms with E-state index < -0.39 is 0 Å². The Kier molecular flexibility index (Phi) is 5.25. The number of carbonyl (C=O) groups is 1. The predicted octanol–water partition coefficient (Wildman–Crippen LogP) is 5.37. The predicted molar refractivity (Wildman–Crippen MR) is 100 cm³/mol. The van der Waals surface area contributed by atoms with Gasteiger partial charge in [0.2, 0.25) is 5.89 Å². The minimum Gasteiger partial charge on any atom is -0.411 e. The van der Waals surface area contributed by atoms with Gasteiger partial charge >= 0.3 is 0 Å². The van der Waals surface area contributed by atoms with E-state index >= 15 is 0 Å². The molecule has 1 atom stereocenters. The molecule has 0 aliphatic rings. The minimum atomic E-state index is -0.326. The summed E-state index contributed by atoms with van der Waals surface area (Å²) in [4.78, 5) is 12.7. The summed E-state index contributed by atoms with van der Waals surface area (Å²) in [5, 5.41) is 8.70. The van der Waals surface area contributed by atoms with Crippen LogP contribution in [0.15, 0.2) is 52.1 Å². The van der Waals surface area contributed by atoms with Gasteiger partial charge < -0.3 is 4.42 Å². The van der Waals surface area contributed by atoms with Gasteiger partial charge in [0.25, 0.3) is 5.22 Å². The van der Waals surface area contributed by atoms with Gasteiger partial charge in [-0.15, -0.1) is 10.2 Å². The highest BCUT2D eigenvalue weighted by molar-refractivity contribution is 8.00. The van der Waals surface area contributed by atoms with Crippen LogP contribution in [0.1, 0.15) is 28.4 Å². The van der Waals surface area contributed by atoms with Crippen LogP contribution in [0.25, 0.3) is 11.5 Å². The van der Waals surface area contributed by atoms with E-state index in [9.17, 15) is 4.79 Å². The highest BCUT2D eigenvalue weighted by Crippen LogP contribution is 2.29. The van der Waals surface area contributed by atoms with Gasteiger partial charge in [-0.2, -0.15) is 0 Å². The van der Waals surface area contributed by atoms with Crippen LogP contribution >= 0.6 is 23.4 Å². The van der Waals surface area contributed by atoms with Crippen molar-refractivity contribution in [3.8, 4) is 11.5 Å². The number of Topliss-reactive ketones (excluding diaryl/α,β-unsaturated/α-hetero) is 1. The molecule has 0 fully saturated rings. The largest absolute Gasteiger partial charge is 0.411 e. The zero-order valence-corrected chi connectivity index (χ0v) is 15.7. The maximum Gasteiger partial charge on any atom is 0.277 e. The van der Waals surface area contributed by atoms with Crippen molar-refractivity contribution in [2.24, 2.45) is 0 Å². The van der Waals surface area contributed by atoms with Crippen molar-refractivity contribution in [3.63, 3.8) is 0 Å². The Morgan fingerprint density at radius 1 is 1.16 bits per heavy atom. The zero-order valence-electron chi connectivity index (χ0n) is 14.1. The minimum absolute atomic E-state index is 0.0497. The third-order valence-electron chi connectivity index (χ3n) is 3.78. The van der Waals surface area contributed by atoms with Crippen LogP contribution in [0.4, 0.5) is 0 Å². The number of thioether (sulfide) groups is 1. The van der Waals surface area contributed by atoms with E-state index in [1.54, 1.807) is 12.1 Å². The van der Waals surface area contributed by atoms with Gasteiger partial charge in [0.1, 0.15) is 0 Å². The summed E-state index contributed by atoms with van der Waals surface area (Å²) in [6.45, 7) is 5.76. The topological polar surface area (TPSA) is 56.0 Å². The summed E-state index contributed by atoms with van der Waals surface area (Å²) in [5.74, 6) is 0.435. The van der Waals surface area contributed by atoms with Crippen molar-refractivity contribution < 1.29 is 9.21 Å². The van der Waals surface area contributed by atoms with Crippen molar-refractivity contribution in [1.29, 1.82) is 0 Å². The summed E-state index contributed by atoms with van der Waals surface area (Å²) < 4.78 is 5.67. The fourth-order valence-corrected chi connectivity index (χ4v) is 3.36. The van der Waals surface area contributed by atoms with Gasteiger partial charge in [0.05, 0.1) is 5.25 Å². The number of halogens is 1. The Morgan fingerprint density at radius 3 is 2.72 bits per heavy atom. The molecule has 25 heavy (non-hydrogen) atoms. The lowest BCUT2D eigenvalue weighted by Crippen LogP contribution is -2.15. The summed E-state index contributed by atoms with van der Waals surface area (Å²) >= 11 is 7.24. The van der Waals surface area contributed by atoms with Crippen molar-refractivity contribution >= 4 is 29.1 Å². The number of benzene rings is 2. The molecule has 0 N–H and O–H groups in total. The number of hydrogen-bond acceptors (Lipinski definition) is 5. The molecule has 128 valence electrons. The number of nitrogens with zero attached hydrogens (tertiary/aromatic N) is 2. The van der Waals surface area contributed by atoms with E-state index in [4.69, 9.17) is 16.0 Å². The van der Waals surface area contributed by atoms with E-state index in [0.29, 0.717) is 16.1 Å². The number of aromatic nitrogens is 2. The lowest BCUT2D eigenvalue weighted by molar-refractivity contribution is 0.0993. The molecule has 0 saturated heterocycles. The third kappa shape index (κ3) is 4.11. The molecule has 0 aliphatic heterocycles.